The molecule has 1 radical (unpaired) electrons. The third-order valence-corrected chi connectivity index (χ3v) is 7.50. The van der Waals surface area contributed by atoms with E-state index in [0.717, 1.165) is 10.1 Å². The molecular weight excluding hydrogens is 788 g/mol. The molecule has 43 heavy (non-hydrogen) atoms. The molecule has 6 aromatic rings. The van der Waals surface area contributed by atoms with Gasteiger partial charge in [0.15, 0.2) is 0 Å². The minimum atomic E-state index is -6.01. The van der Waals surface area contributed by atoms with Crippen LogP contribution in [0.4, 0.5) is 39.5 Å². The molecule has 3 nitrogen and oxygen atoms in total. The van der Waals surface area contributed by atoms with Gasteiger partial charge in [-0.25, -0.2) is 11.3 Å². The van der Waals surface area contributed by atoms with E-state index in [2.05, 4.69) is 16.3 Å². The summed E-state index contributed by atoms with van der Waals surface area (Å²) in [7, 11) is 0. The zero-order valence-electron chi connectivity index (χ0n) is 20.9. The standard InChI is InChI=1S/C29H12F9N2OS.Ir/c30-27(31,32)19-9-10-20(24(29(36,37)38)23(19)28(33,34)35)41-26-18-12-15-6-2-1-5-14(15)11-17(18)25(39-40-26)22-13-16-7-3-4-8-21(16)42-22;/h1-12H;/q-1;. The van der Waals surface area contributed by atoms with E-state index in [0.29, 0.717) is 21.0 Å². The Balaban J connectivity index is 0.00000368. The Morgan fingerprint density at radius 3 is 1.86 bits per heavy atom. The summed E-state index contributed by atoms with van der Waals surface area (Å²) in [6.07, 6.45) is -17.6. The van der Waals surface area contributed by atoms with Crippen molar-refractivity contribution in [1.29, 1.82) is 0 Å². The molecule has 2 aromatic heterocycles. The van der Waals surface area contributed by atoms with Crippen molar-refractivity contribution in [2.45, 2.75) is 18.5 Å². The van der Waals surface area contributed by atoms with Crippen molar-refractivity contribution in [3.05, 3.63) is 95.6 Å². The molecule has 0 spiro atoms. The van der Waals surface area contributed by atoms with Gasteiger partial charge in [-0.15, -0.1) is 28.7 Å². The van der Waals surface area contributed by atoms with Gasteiger partial charge in [-0.05, 0) is 43.9 Å². The quantitative estimate of drug-likeness (QED) is 0.102. The van der Waals surface area contributed by atoms with Crippen LogP contribution < -0.4 is 4.74 Å². The van der Waals surface area contributed by atoms with E-state index in [-0.39, 0.29) is 43.3 Å². The summed E-state index contributed by atoms with van der Waals surface area (Å²) in [5, 5.41) is 10.5. The summed E-state index contributed by atoms with van der Waals surface area (Å²) >= 11 is 1.32. The molecule has 0 aliphatic carbocycles. The molecule has 0 saturated carbocycles. The van der Waals surface area contributed by atoms with Crippen molar-refractivity contribution in [2.75, 3.05) is 0 Å². The van der Waals surface area contributed by atoms with Crippen LogP contribution in [0.2, 0.25) is 0 Å². The van der Waals surface area contributed by atoms with Crippen LogP contribution in [0.15, 0.2) is 72.8 Å². The predicted molar refractivity (Wildman–Crippen MR) is 138 cm³/mol. The van der Waals surface area contributed by atoms with E-state index in [4.69, 9.17) is 4.74 Å². The molecule has 0 N–H and O–H groups in total. The van der Waals surface area contributed by atoms with Gasteiger partial charge in [0.2, 0.25) is 5.88 Å². The second kappa shape index (κ2) is 10.8. The molecule has 0 unspecified atom stereocenters. The van der Waals surface area contributed by atoms with Crippen LogP contribution in [0.5, 0.6) is 11.6 Å². The summed E-state index contributed by atoms with van der Waals surface area (Å²) in [4.78, 5) is 0.528. The number of thiophene rings is 1. The van der Waals surface area contributed by atoms with Crippen LogP contribution >= 0.6 is 11.3 Å². The maximum absolute atomic E-state index is 14.0. The van der Waals surface area contributed by atoms with Crippen molar-refractivity contribution in [3.63, 3.8) is 0 Å². The first-order chi connectivity index (χ1) is 19.7. The van der Waals surface area contributed by atoms with Crippen LogP contribution in [0, 0.1) is 6.07 Å². The summed E-state index contributed by atoms with van der Waals surface area (Å²) in [6.45, 7) is 0. The fraction of sp³-hybridized carbons (Fsp3) is 0.103. The van der Waals surface area contributed by atoms with Crippen molar-refractivity contribution in [3.8, 4) is 22.2 Å². The number of benzene rings is 4. The van der Waals surface area contributed by atoms with Gasteiger partial charge in [0.05, 0.1) is 11.1 Å². The van der Waals surface area contributed by atoms with Crippen molar-refractivity contribution in [2.24, 2.45) is 0 Å². The van der Waals surface area contributed by atoms with Crippen LogP contribution in [0.1, 0.15) is 16.7 Å². The minimum absolute atomic E-state index is 0. The number of rotatable bonds is 3. The molecule has 0 bridgehead atoms. The zero-order valence-corrected chi connectivity index (χ0v) is 24.1. The molecule has 2 heterocycles. The number of halogens is 9. The van der Waals surface area contributed by atoms with Crippen molar-refractivity contribution in [1.82, 2.24) is 10.2 Å². The topological polar surface area (TPSA) is 35.0 Å². The first kappa shape index (κ1) is 30.7. The number of aromatic nitrogens is 2. The number of ether oxygens (including phenoxy) is 1. The normalized spacial score (nSPS) is 12.6. The number of hydrogen-bond donors (Lipinski definition) is 0. The third-order valence-electron chi connectivity index (χ3n) is 6.42. The first-order valence-electron chi connectivity index (χ1n) is 11.9. The van der Waals surface area contributed by atoms with Crippen molar-refractivity contribution < 1.29 is 64.4 Å². The van der Waals surface area contributed by atoms with Gasteiger partial charge in [0, 0.05) is 31.2 Å². The molecular formula is C29H12F9IrN2OS-. The van der Waals surface area contributed by atoms with E-state index in [9.17, 15) is 39.5 Å². The number of nitrogens with zero attached hydrogens (tertiary/aromatic N) is 2. The van der Waals surface area contributed by atoms with Gasteiger partial charge in [0.25, 0.3) is 0 Å². The van der Waals surface area contributed by atoms with E-state index in [1.807, 2.05) is 18.2 Å². The molecule has 223 valence electrons. The molecule has 0 saturated heterocycles. The number of hydrogen-bond acceptors (Lipinski definition) is 4. The van der Waals surface area contributed by atoms with Gasteiger partial charge >= 0.3 is 18.5 Å². The Bertz CT molecular complexity index is 1970. The smallest absolute Gasteiger partial charge is 0.420 e. The van der Waals surface area contributed by atoms with Gasteiger partial charge < -0.3 is 4.74 Å². The van der Waals surface area contributed by atoms with E-state index in [1.54, 1.807) is 36.4 Å². The molecule has 4 aromatic carbocycles. The largest absolute Gasteiger partial charge is 0.436 e. The Hall–Kier alpha value is -3.74. The number of fused-ring (bicyclic) bond motifs is 3. The van der Waals surface area contributed by atoms with Crippen LogP contribution in [-0.4, -0.2) is 10.2 Å². The molecule has 14 heteroatoms. The van der Waals surface area contributed by atoms with Gasteiger partial charge in [-0.1, -0.05) is 42.5 Å². The zero-order chi connectivity index (χ0) is 30.0. The van der Waals surface area contributed by atoms with Gasteiger partial charge in [-0.3, -0.25) is 0 Å². The fourth-order valence-corrected chi connectivity index (χ4v) is 5.67. The summed E-state index contributed by atoms with van der Waals surface area (Å²) in [6, 6.07) is 20.7. The summed E-state index contributed by atoms with van der Waals surface area (Å²) < 4.78 is 130. The van der Waals surface area contributed by atoms with E-state index >= 15 is 0 Å². The minimum Gasteiger partial charge on any atom is -0.436 e. The Morgan fingerprint density at radius 2 is 1.26 bits per heavy atom. The monoisotopic (exact) mass is 800 g/mol. The van der Waals surface area contributed by atoms with E-state index in [1.165, 1.54) is 17.4 Å². The molecule has 0 fully saturated rings. The second-order valence-corrected chi connectivity index (χ2v) is 10.2. The van der Waals surface area contributed by atoms with Crippen LogP contribution in [-0.2, 0) is 38.6 Å². The molecule has 6 rings (SSSR count). The first-order valence-corrected chi connectivity index (χ1v) is 12.7. The summed E-state index contributed by atoms with van der Waals surface area (Å²) in [5.41, 5.74) is -7.74. The average Bonchev–Trinajstić information content (AvgIpc) is 3.34. The summed E-state index contributed by atoms with van der Waals surface area (Å²) in [5.74, 6) is -2.13. The molecule has 0 amide bonds. The Labute approximate surface area is 253 Å². The molecule has 0 aliphatic heterocycles. The van der Waals surface area contributed by atoms with Crippen LogP contribution in [0.25, 0.3) is 42.2 Å². The van der Waals surface area contributed by atoms with Crippen LogP contribution in [0.3, 0.4) is 0 Å². The molecule has 0 aliphatic rings. The predicted octanol–water partition coefficient (Wildman–Crippen LogP) is 10.3. The molecule has 0 atom stereocenters. The maximum Gasteiger partial charge on any atom is 0.420 e. The van der Waals surface area contributed by atoms with Gasteiger partial charge in [-0.2, -0.15) is 44.6 Å². The second-order valence-electron chi connectivity index (χ2n) is 9.11. The Kier molecular flexibility index (Phi) is 7.68. The average molecular weight is 800 g/mol. The van der Waals surface area contributed by atoms with Crippen molar-refractivity contribution >= 4 is 43.0 Å². The third kappa shape index (κ3) is 5.66. The van der Waals surface area contributed by atoms with Gasteiger partial charge in [0.1, 0.15) is 11.3 Å². The van der Waals surface area contributed by atoms with E-state index < -0.39 is 46.8 Å². The number of alkyl halides is 9. The maximum atomic E-state index is 14.0. The Morgan fingerprint density at radius 1 is 0.651 bits per heavy atom. The fourth-order valence-electron chi connectivity index (χ4n) is 4.67. The SMILES string of the molecule is FC(F)(F)c1ccc(Oc2nnc(-c3[c-]c4ccccc4s3)c3cc4ccccc4cc23)c(C(F)(F)F)c1C(F)(F)F.[Ir].